The standard InChI is InChI=1S/C12H15N3/c1-8(2)11-12(15-7-14-11)9-4-3-5-10(13)6-9/h3-8H,13H2,1-2H3,(H,14,15). The summed E-state index contributed by atoms with van der Waals surface area (Å²) in [4.78, 5) is 7.51. The third kappa shape index (κ3) is 1.86. The first kappa shape index (κ1) is 9.77. The van der Waals surface area contributed by atoms with Gasteiger partial charge in [0.05, 0.1) is 12.0 Å². The molecule has 0 radical (unpaired) electrons. The number of benzene rings is 1. The second kappa shape index (κ2) is 3.77. The number of nitrogens with two attached hydrogens (primary N) is 1. The molecule has 0 atom stereocenters. The predicted molar refractivity (Wildman–Crippen MR) is 62.5 cm³/mol. The molecule has 0 amide bonds. The Kier molecular flexibility index (Phi) is 2.46. The Morgan fingerprint density at radius 2 is 2.13 bits per heavy atom. The number of nitrogens with zero attached hydrogens (tertiary/aromatic N) is 1. The van der Waals surface area contributed by atoms with Gasteiger partial charge in [0.15, 0.2) is 0 Å². The van der Waals surface area contributed by atoms with Crippen molar-refractivity contribution < 1.29 is 0 Å². The van der Waals surface area contributed by atoms with Crippen LogP contribution in [-0.2, 0) is 0 Å². The highest BCUT2D eigenvalue weighted by molar-refractivity contribution is 5.66. The molecule has 0 saturated heterocycles. The molecule has 0 spiro atoms. The first-order valence-electron chi connectivity index (χ1n) is 5.07. The highest BCUT2D eigenvalue weighted by Gasteiger charge is 2.10. The Labute approximate surface area is 89.4 Å². The minimum atomic E-state index is 0.434. The summed E-state index contributed by atoms with van der Waals surface area (Å²) in [6, 6.07) is 7.80. The van der Waals surface area contributed by atoms with Crippen molar-refractivity contribution in [1.29, 1.82) is 0 Å². The fourth-order valence-electron chi connectivity index (χ4n) is 1.66. The Morgan fingerprint density at radius 3 is 2.80 bits per heavy atom. The summed E-state index contributed by atoms with van der Waals surface area (Å²) in [5.41, 5.74) is 9.74. The number of hydrogen-bond acceptors (Lipinski definition) is 2. The van der Waals surface area contributed by atoms with Crippen LogP contribution in [0.15, 0.2) is 30.6 Å². The van der Waals surface area contributed by atoms with Gasteiger partial charge in [-0.05, 0) is 18.1 Å². The van der Waals surface area contributed by atoms with Crippen molar-refractivity contribution in [2.75, 3.05) is 5.73 Å². The van der Waals surface area contributed by atoms with Crippen molar-refractivity contribution >= 4 is 5.69 Å². The van der Waals surface area contributed by atoms with E-state index in [9.17, 15) is 0 Å². The van der Waals surface area contributed by atoms with Crippen molar-refractivity contribution in [1.82, 2.24) is 9.97 Å². The van der Waals surface area contributed by atoms with Gasteiger partial charge in [0.1, 0.15) is 0 Å². The van der Waals surface area contributed by atoms with Gasteiger partial charge in [0, 0.05) is 16.9 Å². The third-order valence-electron chi connectivity index (χ3n) is 2.41. The molecule has 15 heavy (non-hydrogen) atoms. The van der Waals surface area contributed by atoms with Gasteiger partial charge in [-0.15, -0.1) is 0 Å². The first-order chi connectivity index (χ1) is 7.18. The van der Waals surface area contributed by atoms with E-state index in [0.29, 0.717) is 5.92 Å². The van der Waals surface area contributed by atoms with E-state index in [1.165, 1.54) is 0 Å². The number of rotatable bonds is 2. The maximum atomic E-state index is 5.75. The van der Waals surface area contributed by atoms with E-state index in [2.05, 4.69) is 23.8 Å². The summed E-state index contributed by atoms with van der Waals surface area (Å²) in [6.07, 6.45) is 1.73. The number of anilines is 1. The quantitative estimate of drug-likeness (QED) is 0.734. The summed E-state index contributed by atoms with van der Waals surface area (Å²) in [6.45, 7) is 4.28. The van der Waals surface area contributed by atoms with Crippen molar-refractivity contribution in [2.45, 2.75) is 19.8 Å². The zero-order chi connectivity index (χ0) is 10.8. The number of aromatic nitrogens is 2. The lowest BCUT2D eigenvalue weighted by Gasteiger charge is -2.06. The molecule has 0 fully saturated rings. The summed E-state index contributed by atoms with van der Waals surface area (Å²) in [7, 11) is 0. The molecular formula is C12H15N3. The van der Waals surface area contributed by atoms with Crippen molar-refractivity contribution in [3.8, 4) is 11.3 Å². The Bertz CT molecular complexity index is 457. The summed E-state index contributed by atoms with van der Waals surface area (Å²) in [5.74, 6) is 0.434. The van der Waals surface area contributed by atoms with Gasteiger partial charge in [0.25, 0.3) is 0 Å². The molecule has 2 aromatic rings. The molecular weight excluding hydrogens is 186 g/mol. The number of nitrogens with one attached hydrogen (secondary N) is 1. The third-order valence-corrected chi connectivity index (χ3v) is 2.41. The first-order valence-corrected chi connectivity index (χ1v) is 5.07. The molecule has 3 nitrogen and oxygen atoms in total. The van der Waals surface area contributed by atoms with Crippen LogP contribution < -0.4 is 5.73 Å². The zero-order valence-corrected chi connectivity index (χ0v) is 8.99. The van der Waals surface area contributed by atoms with E-state index < -0.39 is 0 Å². The Balaban J connectivity index is 2.49. The van der Waals surface area contributed by atoms with Crippen LogP contribution in [-0.4, -0.2) is 9.97 Å². The molecule has 0 aliphatic heterocycles. The number of aromatic amines is 1. The molecule has 1 heterocycles. The number of nitrogen functional groups attached to an aromatic ring is 1. The Morgan fingerprint density at radius 1 is 1.33 bits per heavy atom. The SMILES string of the molecule is CC(C)c1[nH]cnc1-c1cccc(N)c1. The van der Waals surface area contributed by atoms with Crippen molar-refractivity contribution in [3.05, 3.63) is 36.3 Å². The average molecular weight is 201 g/mol. The van der Waals surface area contributed by atoms with Crippen LogP contribution in [0.3, 0.4) is 0 Å². The van der Waals surface area contributed by atoms with Crippen LogP contribution in [0.1, 0.15) is 25.5 Å². The summed E-state index contributed by atoms with van der Waals surface area (Å²) < 4.78 is 0. The molecule has 0 aliphatic carbocycles. The normalized spacial score (nSPS) is 10.9. The maximum absolute atomic E-state index is 5.75. The lowest BCUT2D eigenvalue weighted by Crippen LogP contribution is -1.92. The molecule has 0 saturated carbocycles. The maximum Gasteiger partial charge on any atom is 0.0929 e. The van der Waals surface area contributed by atoms with Crippen LogP contribution in [0.4, 0.5) is 5.69 Å². The zero-order valence-electron chi connectivity index (χ0n) is 8.99. The predicted octanol–water partition coefficient (Wildman–Crippen LogP) is 2.78. The van der Waals surface area contributed by atoms with Gasteiger partial charge >= 0.3 is 0 Å². The van der Waals surface area contributed by atoms with Crippen LogP contribution in [0.5, 0.6) is 0 Å². The van der Waals surface area contributed by atoms with Gasteiger partial charge in [0.2, 0.25) is 0 Å². The molecule has 2 rings (SSSR count). The molecule has 1 aromatic carbocycles. The van der Waals surface area contributed by atoms with E-state index in [1.807, 2.05) is 24.3 Å². The minimum absolute atomic E-state index is 0.434. The lowest BCUT2D eigenvalue weighted by molar-refractivity contribution is 0.835. The van der Waals surface area contributed by atoms with E-state index in [0.717, 1.165) is 22.6 Å². The fraction of sp³-hybridized carbons (Fsp3) is 0.250. The number of imidazole rings is 1. The molecule has 3 N–H and O–H groups in total. The van der Waals surface area contributed by atoms with Crippen LogP contribution in [0.25, 0.3) is 11.3 Å². The second-order valence-corrected chi connectivity index (χ2v) is 3.94. The molecule has 78 valence electrons. The van der Waals surface area contributed by atoms with Crippen LogP contribution in [0.2, 0.25) is 0 Å². The van der Waals surface area contributed by atoms with Gasteiger partial charge in [-0.25, -0.2) is 4.98 Å². The highest BCUT2D eigenvalue weighted by atomic mass is 14.9. The minimum Gasteiger partial charge on any atom is -0.399 e. The second-order valence-electron chi connectivity index (χ2n) is 3.94. The average Bonchev–Trinajstić information content (AvgIpc) is 2.65. The molecule has 0 unspecified atom stereocenters. The van der Waals surface area contributed by atoms with Gasteiger partial charge in [-0.2, -0.15) is 0 Å². The van der Waals surface area contributed by atoms with Crippen molar-refractivity contribution in [2.24, 2.45) is 0 Å². The smallest absolute Gasteiger partial charge is 0.0929 e. The highest BCUT2D eigenvalue weighted by Crippen LogP contribution is 2.26. The van der Waals surface area contributed by atoms with Crippen LogP contribution >= 0.6 is 0 Å². The molecule has 1 aromatic heterocycles. The van der Waals surface area contributed by atoms with E-state index in [1.54, 1.807) is 6.33 Å². The van der Waals surface area contributed by atoms with Crippen molar-refractivity contribution in [3.63, 3.8) is 0 Å². The van der Waals surface area contributed by atoms with Gasteiger partial charge < -0.3 is 10.7 Å². The fourth-order valence-corrected chi connectivity index (χ4v) is 1.66. The molecule has 3 heteroatoms. The molecule has 0 bridgehead atoms. The lowest BCUT2D eigenvalue weighted by atomic mass is 10.0. The van der Waals surface area contributed by atoms with E-state index >= 15 is 0 Å². The Hall–Kier alpha value is -1.77. The summed E-state index contributed by atoms with van der Waals surface area (Å²) >= 11 is 0. The van der Waals surface area contributed by atoms with Gasteiger partial charge in [-0.1, -0.05) is 26.0 Å². The summed E-state index contributed by atoms with van der Waals surface area (Å²) in [5, 5.41) is 0. The monoisotopic (exact) mass is 201 g/mol. The number of H-pyrrole nitrogens is 1. The van der Waals surface area contributed by atoms with Gasteiger partial charge in [-0.3, -0.25) is 0 Å². The van der Waals surface area contributed by atoms with E-state index in [-0.39, 0.29) is 0 Å². The molecule has 0 aliphatic rings. The van der Waals surface area contributed by atoms with E-state index in [4.69, 9.17) is 5.73 Å². The van der Waals surface area contributed by atoms with Crippen LogP contribution in [0, 0.1) is 0 Å². The topological polar surface area (TPSA) is 54.7 Å². The largest absolute Gasteiger partial charge is 0.399 e. The number of hydrogen-bond donors (Lipinski definition) is 2.